The second kappa shape index (κ2) is 6.89. The molecule has 23 heavy (non-hydrogen) atoms. The van der Waals surface area contributed by atoms with Gasteiger partial charge in [0.2, 0.25) is 0 Å². The molecule has 2 aromatic rings. The molecule has 2 aromatic heterocycles. The van der Waals surface area contributed by atoms with Gasteiger partial charge in [0.15, 0.2) is 5.76 Å². The number of H-pyrrole nitrogens is 1. The maximum Gasteiger partial charge on any atom is 0.290 e. The first-order valence-corrected chi connectivity index (χ1v) is 8.29. The predicted molar refractivity (Wildman–Crippen MR) is 85.5 cm³/mol. The van der Waals surface area contributed by atoms with Crippen LogP contribution in [0.3, 0.4) is 0 Å². The van der Waals surface area contributed by atoms with E-state index in [-0.39, 0.29) is 5.91 Å². The summed E-state index contributed by atoms with van der Waals surface area (Å²) in [7, 11) is 0. The fraction of sp³-hybridized carbons (Fsp3) is 0.529. The minimum absolute atomic E-state index is 0.0933. The Bertz CT molecular complexity index is 674. The number of amides is 1. The van der Waals surface area contributed by atoms with Crippen LogP contribution in [0.15, 0.2) is 16.5 Å². The molecule has 124 valence electrons. The van der Waals surface area contributed by atoms with Crippen LogP contribution in [0, 0.1) is 0 Å². The van der Waals surface area contributed by atoms with E-state index in [1.807, 2.05) is 11.8 Å². The fourth-order valence-corrected chi connectivity index (χ4v) is 2.89. The van der Waals surface area contributed by atoms with E-state index in [4.69, 9.17) is 9.15 Å². The standard InChI is InChI=1S/C17H23N3O3/c1-3-5-6-13-12-11-20(10-9-14(12)19-18-13)17(21)15-7-8-16(23-15)22-4-2/h7-8H,3-6,9-11H2,1-2H3,(H,18,19). The topological polar surface area (TPSA) is 71.4 Å². The Morgan fingerprint density at radius 2 is 2.30 bits per heavy atom. The molecular weight excluding hydrogens is 294 g/mol. The zero-order valence-electron chi connectivity index (χ0n) is 13.7. The maximum atomic E-state index is 12.6. The molecule has 0 saturated carbocycles. The number of hydrogen-bond acceptors (Lipinski definition) is 4. The van der Waals surface area contributed by atoms with Crippen LogP contribution >= 0.6 is 0 Å². The summed E-state index contributed by atoms with van der Waals surface area (Å²) in [6.07, 6.45) is 4.01. The minimum Gasteiger partial charge on any atom is -0.465 e. The van der Waals surface area contributed by atoms with Gasteiger partial charge in [0.05, 0.1) is 12.3 Å². The van der Waals surface area contributed by atoms with Crippen molar-refractivity contribution in [2.45, 2.75) is 46.1 Å². The molecule has 0 saturated heterocycles. The summed E-state index contributed by atoms with van der Waals surface area (Å²) >= 11 is 0. The SMILES string of the molecule is CCCCc1n[nH]c2c1CN(C(=O)c1ccc(OCC)o1)CC2. The van der Waals surface area contributed by atoms with E-state index in [1.165, 1.54) is 5.56 Å². The molecule has 0 spiro atoms. The van der Waals surface area contributed by atoms with Gasteiger partial charge < -0.3 is 14.1 Å². The normalized spacial score (nSPS) is 13.9. The summed E-state index contributed by atoms with van der Waals surface area (Å²) in [5.41, 5.74) is 3.43. The molecule has 0 unspecified atom stereocenters. The largest absolute Gasteiger partial charge is 0.465 e. The highest BCUT2D eigenvalue weighted by atomic mass is 16.6. The van der Waals surface area contributed by atoms with Gasteiger partial charge in [0.25, 0.3) is 11.9 Å². The van der Waals surface area contributed by atoms with E-state index in [0.29, 0.717) is 31.4 Å². The van der Waals surface area contributed by atoms with E-state index >= 15 is 0 Å². The Kier molecular flexibility index (Phi) is 4.69. The number of fused-ring (bicyclic) bond motifs is 1. The molecule has 0 atom stereocenters. The van der Waals surface area contributed by atoms with Crippen molar-refractivity contribution in [3.05, 3.63) is 34.8 Å². The van der Waals surface area contributed by atoms with Crippen LogP contribution in [0.2, 0.25) is 0 Å². The minimum atomic E-state index is -0.0933. The summed E-state index contributed by atoms with van der Waals surface area (Å²) in [6, 6.07) is 3.37. The lowest BCUT2D eigenvalue weighted by Gasteiger charge is -2.26. The number of nitrogens with one attached hydrogen (secondary N) is 1. The number of hydrogen-bond donors (Lipinski definition) is 1. The summed E-state index contributed by atoms with van der Waals surface area (Å²) in [4.78, 5) is 14.4. The Morgan fingerprint density at radius 3 is 3.09 bits per heavy atom. The van der Waals surface area contributed by atoms with Gasteiger partial charge in [-0.15, -0.1) is 0 Å². The Labute approximate surface area is 135 Å². The first-order chi connectivity index (χ1) is 11.2. The van der Waals surface area contributed by atoms with Gasteiger partial charge in [-0.05, 0) is 25.8 Å². The number of aryl methyl sites for hydroxylation is 1. The third-order valence-corrected chi connectivity index (χ3v) is 4.15. The molecule has 1 aliphatic heterocycles. The molecule has 0 bridgehead atoms. The highest BCUT2D eigenvalue weighted by Gasteiger charge is 2.27. The smallest absolute Gasteiger partial charge is 0.290 e. The second-order valence-electron chi connectivity index (χ2n) is 5.76. The zero-order valence-corrected chi connectivity index (χ0v) is 13.7. The summed E-state index contributed by atoms with van der Waals surface area (Å²) in [5, 5.41) is 7.55. The lowest BCUT2D eigenvalue weighted by molar-refractivity contribution is 0.0693. The molecule has 0 fully saturated rings. The Morgan fingerprint density at radius 1 is 1.43 bits per heavy atom. The number of unbranched alkanes of at least 4 members (excludes halogenated alkanes) is 1. The molecule has 1 aliphatic rings. The molecular formula is C17H23N3O3. The number of nitrogens with zero attached hydrogens (tertiary/aromatic N) is 2. The number of aromatic nitrogens is 2. The average molecular weight is 317 g/mol. The van der Waals surface area contributed by atoms with Gasteiger partial charge in [-0.2, -0.15) is 5.10 Å². The maximum absolute atomic E-state index is 12.6. The predicted octanol–water partition coefficient (Wildman–Crippen LogP) is 2.94. The molecule has 0 aliphatic carbocycles. The van der Waals surface area contributed by atoms with Crippen LogP contribution in [-0.4, -0.2) is 34.2 Å². The fourth-order valence-electron chi connectivity index (χ4n) is 2.89. The number of rotatable bonds is 6. The lowest BCUT2D eigenvalue weighted by atomic mass is 10.0. The average Bonchev–Trinajstić information content (AvgIpc) is 3.19. The van der Waals surface area contributed by atoms with Gasteiger partial charge in [-0.3, -0.25) is 9.89 Å². The van der Waals surface area contributed by atoms with Crippen LogP contribution in [0.1, 0.15) is 54.2 Å². The first-order valence-electron chi connectivity index (χ1n) is 8.29. The van der Waals surface area contributed by atoms with Gasteiger partial charge in [0.1, 0.15) is 0 Å². The number of ether oxygens (including phenoxy) is 1. The summed E-state index contributed by atoms with van der Waals surface area (Å²) < 4.78 is 10.7. The zero-order chi connectivity index (χ0) is 16.2. The van der Waals surface area contributed by atoms with E-state index in [2.05, 4.69) is 17.1 Å². The first kappa shape index (κ1) is 15.6. The second-order valence-corrected chi connectivity index (χ2v) is 5.76. The molecule has 0 radical (unpaired) electrons. The van der Waals surface area contributed by atoms with E-state index in [9.17, 15) is 4.79 Å². The van der Waals surface area contributed by atoms with Gasteiger partial charge in [0, 0.05) is 36.8 Å². The van der Waals surface area contributed by atoms with Crippen LogP contribution < -0.4 is 4.74 Å². The third-order valence-electron chi connectivity index (χ3n) is 4.15. The van der Waals surface area contributed by atoms with Crippen molar-refractivity contribution in [2.24, 2.45) is 0 Å². The molecule has 1 amide bonds. The van der Waals surface area contributed by atoms with E-state index in [0.717, 1.165) is 37.1 Å². The molecule has 3 heterocycles. The molecule has 1 N–H and O–H groups in total. The lowest BCUT2D eigenvalue weighted by Crippen LogP contribution is -2.35. The van der Waals surface area contributed by atoms with Gasteiger partial charge in [-0.25, -0.2) is 0 Å². The number of carbonyl (C=O) groups excluding carboxylic acids is 1. The van der Waals surface area contributed by atoms with Crippen LogP contribution in [0.25, 0.3) is 0 Å². The van der Waals surface area contributed by atoms with Crippen molar-refractivity contribution in [3.63, 3.8) is 0 Å². The van der Waals surface area contributed by atoms with Crippen LogP contribution in [0.4, 0.5) is 0 Å². The Hall–Kier alpha value is -2.24. The van der Waals surface area contributed by atoms with Gasteiger partial charge in [-0.1, -0.05) is 13.3 Å². The molecule has 0 aromatic carbocycles. The number of carbonyl (C=O) groups is 1. The van der Waals surface area contributed by atoms with Crippen molar-refractivity contribution < 1.29 is 13.9 Å². The van der Waals surface area contributed by atoms with Crippen LogP contribution in [0.5, 0.6) is 5.95 Å². The Balaban J connectivity index is 1.72. The highest BCUT2D eigenvalue weighted by molar-refractivity contribution is 5.91. The van der Waals surface area contributed by atoms with E-state index in [1.54, 1.807) is 12.1 Å². The van der Waals surface area contributed by atoms with Crippen LogP contribution in [-0.2, 0) is 19.4 Å². The molecule has 6 nitrogen and oxygen atoms in total. The molecule has 6 heteroatoms. The summed E-state index contributed by atoms with van der Waals surface area (Å²) in [6.45, 7) is 5.83. The number of furan rings is 1. The van der Waals surface area contributed by atoms with Crippen molar-refractivity contribution >= 4 is 5.91 Å². The van der Waals surface area contributed by atoms with Crippen molar-refractivity contribution in [1.29, 1.82) is 0 Å². The monoisotopic (exact) mass is 317 g/mol. The van der Waals surface area contributed by atoms with Crippen molar-refractivity contribution in [2.75, 3.05) is 13.2 Å². The third kappa shape index (κ3) is 3.25. The number of aromatic amines is 1. The van der Waals surface area contributed by atoms with Gasteiger partial charge >= 0.3 is 0 Å². The van der Waals surface area contributed by atoms with Crippen molar-refractivity contribution in [3.8, 4) is 5.95 Å². The van der Waals surface area contributed by atoms with E-state index < -0.39 is 0 Å². The molecule has 3 rings (SSSR count). The highest BCUT2D eigenvalue weighted by Crippen LogP contribution is 2.24. The quantitative estimate of drug-likeness (QED) is 0.889. The summed E-state index contributed by atoms with van der Waals surface area (Å²) in [5.74, 6) is 0.625. The van der Waals surface area contributed by atoms with Crippen molar-refractivity contribution in [1.82, 2.24) is 15.1 Å².